The van der Waals surface area contributed by atoms with Crippen molar-refractivity contribution in [3.8, 4) is 0 Å². The molecule has 138 valence electrons. The van der Waals surface area contributed by atoms with Gasteiger partial charge in [0.05, 0.1) is 12.1 Å². The molecule has 0 saturated carbocycles. The number of halogens is 1. The number of carbonyl (C=O) groups excluding carboxylic acids is 2. The molecule has 2 aromatic rings. The van der Waals surface area contributed by atoms with Crippen LogP contribution in [0, 0.1) is 19.7 Å². The molecule has 7 heteroatoms. The van der Waals surface area contributed by atoms with Gasteiger partial charge < -0.3 is 9.80 Å². The van der Waals surface area contributed by atoms with Gasteiger partial charge >= 0.3 is 0 Å². The number of nitrogens with one attached hydrogen (secondary N) is 1. The van der Waals surface area contributed by atoms with E-state index in [9.17, 15) is 14.0 Å². The van der Waals surface area contributed by atoms with Crippen LogP contribution in [-0.2, 0) is 11.2 Å². The molecule has 1 fully saturated rings. The van der Waals surface area contributed by atoms with E-state index in [4.69, 9.17) is 0 Å². The van der Waals surface area contributed by atoms with Crippen LogP contribution in [0.25, 0.3) is 0 Å². The first-order chi connectivity index (χ1) is 12.5. The van der Waals surface area contributed by atoms with Gasteiger partial charge in [-0.2, -0.15) is 5.10 Å². The quantitative estimate of drug-likeness (QED) is 0.913. The van der Waals surface area contributed by atoms with E-state index in [2.05, 4.69) is 10.2 Å². The number of nitrogens with zero attached hydrogens (tertiary/aromatic N) is 3. The van der Waals surface area contributed by atoms with E-state index in [1.807, 2.05) is 18.7 Å². The summed E-state index contributed by atoms with van der Waals surface area (Å²) in [6.07, 6.45) is 1.04. The summed E-state index contributed by atoms with van der Waals surface area (Å²) in [6.45, 7) is 5.99. The molecule has 1 aliphatic heterocycles. The zero-order valence-electron chi connectivity index (χ0n) is 15.1. The molecule has 6 nitrogen and oxygen atoms in total. The first kappa shape index (κ1) is 18.1. The number of hydrogen-bond acceptors (Lipinski definition) is 3. The van der Waals surface area contributed by atoms with Crippen LogP contribution >= 0.6 is 0 Å². The van der Waals surface area contributed by atoms with Crippen LogP contribution < -0.4 is 0 Å². The van der Waals surface area contributed by atoms with Gasteiger partial charge in [-0.05, 0) is 44.5 Å². The fourth-order valence-electron chi connectivity index (χ4n) is 3.24. The van der Waals surface area contributed by atoms with Crippen LogP contribution in [0.4, 0.5) is 4.39 Å². The molecule has 0 radical (unpaired) electrons. The van der Waals surface area contributed by atoms with Crippen LogP contribution in [0.5, 0.6) is 0 Å². The molecule has 0 bridgehead atoms. The van der Waals surface area contributed by atoms with Gasteiger partial charge in [-0.3, -0.25) is 14.7 Å². The van der Waals surface area contributed by atoms with E-state index >= 15 is 0 Å². The summed E-state index contributed by atoms with van der Waals surface area (Å²) in [7, 11) is 0. The highest BCUT2D eigenvalue weighted by atomic mass is 19.1. The van der Waals surface area contributed by atoms with Crippen LogP contribution in [-0.4, -0.2) is 58.0 Å². The third kappa shape index (κ3) is 3.92. The monoisotopic (exact) mass is 358 g/mol. The Morgan fingerprint density at radius 3 is 2.38 bits per heavy atom. The molecule has 1 aliphatic rings. The first-order valence-corrected chi connectivity index (χ1v) is 8.79. The summed E-state index contributed by atoms with van der Waals surface area (Å²) >= 11 is 0. The molecule has 1 aromatic carbocycles. The molecule has 1 saturated heterocycles. The second-order valence-corrected chi connectivity index (χ2v) is 6.62. The molecule has 0 spiro atoms. The predicted octanol–water partition coefficient (Wildman–Crippen LogP) is 2.08. The topological polar surface area (TPSA) is 69.3 Å². The maximum Gasteiger partial charge on any atom is 0.253 e. The molecule has 1 aromatic heterocycles. The standard InChI is InChI=1S/C19H23FN4O2/c1-13-17(14(2)22-21-13)12-18(25)23-8-3-9-24(11-10-23)19(26)15-4-6-16(20)7-5-15/h4-7H,3,8-12H2,1-2H3,(H,21,22). The minimum atomic E-state index is -0.362. The van der Waals surface area contributed by atoms with Crippen molar-refractivity contribution in [3.05, 3.63) is 52.6 Å². The molecule has 0 atom stereocenters. The summed E-state index contributed by atoms with van der Waals surface area (Å²) < 4.78 is 13.0. The molecule has 0 unspecified atom stereocenters. The van der Waals surface area contributed by atoms with Crippen molar-refractivity contribution in [2.75, 3.05) is 26.2 Å². The van der Waals surface area contributed by atoms with Gasteiger partial charge in [0, 0.05) is 43.0 Å². The van der Waals surface area contributed by atoms with Crippen molar-refractivity contribution in [1.29, 1.82) is 0 Å². The third-order valence-electron chi connectivity index (χ3n) is 4.84. The van der Waals surface area contributed by atoms with Gasteiger partial charge in [-0.1, -0.05) is 0 Å². The van der Waals surface area contributed by atoms with Gasteiger partial charge in [0.25, 0.3) is 5.91 Å². The number of aryl methyl sites for hydroxylation is 2. The zero-order chi connectivity index (χ0) is 18.7. The normalized spacial score (nSPS) is 15.0. The fraction of sp³-hybridized carbons (Fsp3) is 0.421. The van der Waals surface area contributed by atoms with E-state index in [0.717, 1.165) is 23.4 Å². The lowest BCUT2D eigenvalue weighted by molar-refractivity contribution is -0.130. The molecule has 26 heavy (non-hydrogen) atoms. The average molecular weight is 358 g/mol. The highest BCUT2D eigenvalue weighted by molar-refractivity contribution is 5.94. The molecular formula is C19H23FN4O2. The van der Waals surface area contributed by atoms with E-state index in [-0.39, 0.29) is 17.6 Å². The van der Waals surface area contributed by atoms with E-state index < -0.39 is 0 Å². The summed E-state index contributed by atoms with van der Waals surface area (Å²) in [5.74, 6) is -0.437. The lowest BCUT2D eigenvalue weighted by Crippen LogP contribution is -2.38. The number of hydrogen-bond donors (Lipinski definition) is 1. The Balaban J connectivity index is 1.61. The predicted molar refractivity (Wildman–Crippen MR) is 95.3 cm³/mol. The Morgan fingerprint density at radius 1 is 1.08 bits per heavy atom. The smallest absolute Gasteiger partial charge is 0.253 e. The third-order valence-corrected chi connectivity index (χ3v) is 4.84. The van der Waals surface area contributed by atoms with E-state index in [1.165, 1.54) is 24.3 Å². The van der Waals surface area contributed by atoms with Crippen molar-refractivity contribution in [3.63, 3.8) is 0 Å². The zero-order valence-corrected chi connectivity index (χ0v) is 15.1. The van der Waals surface area contributed by atoms with Crippen molar-refractivity contribution in [1.82, 2.24) is 20.0 Å². The largest absolute Gasteiger partial charge is 0.341 e. The molecule has 2 amide bonds. The van der Waals surface area contributed by atoms with Gasteiger partial charge in [-0.25, -0.2) is 4.39 Å². The Labute approximate surface area is 152 Å². The highest BCUT2D eigenvalue weighted by Gasteiger charge is 2.24. The lowest BCUT2D eigenvalue weighted by atomic mass is 10.1. The fourth-order valence-corrected chi connectivity index (χ4v) is 3.24. The molecular weight excluding hydrogens is 335 g/mol. The number of carbonyl (C=O) groups is 2. The SMILES string of the molecule is Cc1n[nH]c(C)c1CC(=O)N1CCCN(C(=O)c2ccc(F)cc2)CC1. The summed E-state index contributed by atoms with van der Waals surface area (Å²) in [5, 5.41) is 7.03. The minimum absolute atomic E-state index is 0.0497. The Kier molecular flexibility index (Phi) is 5.35. The first-order valence-electron chi connectivity index (χ1n) is 8.79. The number of aromatic nitrogens is 2. The summed E-state index contributed by atoms with van der Waals surface area (Å²) in [4.78, 5) is 28.8. The second-order valence-electron chi connectivity index (χ2n) is 6.62. The molecule has 0 aliphatic carbocycles. The number of H-pyrrole nitrogens is 1. The molecule has 1 N–H and O–H groups in total. The Morgan fingerprint density at radius 2 is 1.73 bits per heavy atom. The van der Waals surface area contributed by atoms with E-state index in [1.54, 1.807) is 4.90 Å². The average Bonchev–Trinajstić information content (AvgIpc) is 2.83. The van der Waals surface area contributed by atoms with Crippen molar-refractivity contribution in [2.24, 2.45) is 0 Å². The van der Waals surface area contributed by atoms with Gasteiger partial charge in [-0.15, -0.1) is 0 Å². The Bertz CT molecular complexity index is 781. The highest BCUT2D eigenvalue weighted by Crippen LogP contribution is 2.14. The Hall–Kier alpha value is -2.70. The summed E-state index contributed by atoms with van der Waals surface area (Å²) in [6, 6.07) is 5.57. The minimum Gasteiger partial charge on any atom is -0.341 e. The van der Waals surface area contributed by atoms with Crippen LogP contribution in [0.1, 0.15) is 33.7 Å². The number of benzene rings is 1. The molecule has 3 rings (SSSR count). The number of amides is 2. The van der Waals surface area contributed by atoms with Crippen LogP contribution in [0.3, 0.4) is 0 Å². The van der Waals surface area contributed by atoms with Crippen molar-refractivity contribution in [2.45, 2.75) is 26.7 Å². The van der Waals surface area contributed by atoms with Crippen LogP contribution in [0.2, 0.25) is 0 Å². The maximum atomic E-state index is 13.0. The maximum absolute atomic E-state index is 13.0. The van der Waals surface area contributed by atoms with Crippen LogP contribution in [0.15, 0.2) is 24.3 Å². The summed E-state index contributed by atoms with van der Waals surface area (Å²) in [5.41, 5.74) is 3.17. The van der Waals surface area contributed by atoms with Gasteiger partial charge in [0.1, 0.15) is 5.82 Å². The van der Waals surface area contributed by atoms with E-state index in [0.29, 0.717) is 38.2 Å². The number of aromatic amines is 1. The van der Waals surface area contributed by atoms with Crippen molar-refractivity contribution < 1.29 is 14.0 Å². The van der Waals surface area contributed by atoms with Gasteiger partial charge in [0.15, 0.2) is 0 Å². The molecule has 2 heterocycles. The lowest BCUT2D eigenvalue weighted by Gasteiger charge is -2.22. The van der Waals surface area contributed by atoms with Gasteiger partial charge in [0.2, 0.25) is 5.91 Å². The van der Waals surface area contributed by atoms with Crippen molar-refractivity contribution >= 4 is 11.8 Å². The number of rotatable bonds is 3. The second kappa shape index (κ2) is 7.68.